The molecule has 0 saturated carbocycles. The Kier molecular flexibility index (Phi) is 6.63. The van der Waals surface area contributed by atoms with Gasteiger partial charge in [-0.15, -0.1) is 12.4 Å². The molecule has 2 rings (SSSR count). The van der Waals surface area contributed by atoms with Crippen molar-refractivity contribution < 1.29 is 4.79 Å². The lowest BCUT2D eigenvalue weighted by molar-refractivity contribution is -0.122. The highest BCUT2D eigenvalue weighted by Gasteiger charge is 2.18. The van der Waals surface area contributed by atoms with Crippen molar-refractivity contribution in [3.63, 3.8) is 0 Å². The fraction of sp³-hybridized carbons (Fsp3) is 0.500. The molecule has 0 spiro atoms. The van der Waals surface area contributed by atoms with Gasteiger partial charge in [0.2, 0.25) is 5.91 Å². The molecule has 19 heavy (non-hydrogen) atoms. The van der Waals surface area contributed by atoms with Gasteiger partial charge in [-0.05, 0) is 44.0 Å². The van der Waals surface area contributed by atoms with E-state index < -0.39 is 0 Å². The summed E-state index contributed by atoms with van der Waals surface area (Å²) in [5.41, 5.74) is 1.08. The fourth-order valence-electron chi connectivity index (χ4n) is 2.29. The highest BCUT2D eigenvalue weighted by molar-refractivity contribution is 6.30. The van der Waals surface area contributed by atoms with Gasteiger partial charge in [-0.3, -0.25) is 4.79 Å². The Morgan fingerprint density at radius 1 is 1.47 bits per heavy atom. The predicted octanol–water partition coefficient (Wildman–Crippen LogP) is 3.08. The maximum atomic E-state index is 11.9. The lowest BCUT2D eigenvalue weighted by Crippen LogP contribution is -2.33. The molecule has 0 aliphatic carbocycles. The number of carbonyl (C=O) groups excluding carboxylic acids is 1. The third-order valence-electron chi connectivity index (χ3n) is 3.34. The molecule has 2 N–H and O–H groups in total. The predicted molar refractivity (Wildman–Crippen MR) is 80.9 cm³/mol. The van der Waals surface area contributed by atoms with Crippen LogP contribution in [0.15, 0.2) is 24.3 Å². The first kappa shape index (κ1) is 16.3. The number of hydrogen-bond donors (Lipinski definition) is 2. The Bertz CT molecular complexity index is 402. The number of carbonyl (C=O) groups is 1. The molecule has 2 atom stereocenters. The van der Waals surface area contributed by atoms with Gasteiger partial charge in [-0.1, -0.05) is 23.7 Å². The number of benzene rings is 1. The molecule has 1 aromatic rings. The lowest BCUT2D eigenvalue weighted by Gasteiger charge is -2.16. The van der Waals surface area contributed by atoms with Crippen LogP contribution < -0.4 is 10.6 Å². The summed E-state index contributed by atoms with van der Waals surface area (Å²) >= 11 is 5.84. The second-order valence-corrected chi connectivity index (χ2v) is 5.27. The van der Waals surface area contributed by atoms with E-state index in [1.165, 1.54) is 6.42 Å². The van der Waals surface area contributed by atoms with Gasteiger partial charge in [0.05, 0.1) is 6.04 Å². The smallest absolute Gasteiger partial charge is 0.222 e. The monoisotopic (exact) mass is 302 g/mol. The van der Waals surface area contributed by atoms with Crippen LogP contribution >= 0.6 is 24.0 Å². The van der Waals surface area contributed by atoms with Crippen molar-refractivity contribution in [2.24, 2.45) is 0 Å². The summed E-state index contributed by atoms with van der Waals surface area (Å²) < 4.78 is 0. The number of halogens is 2. The molecule has 3 nitrogen and oxygen atoms in total. The summed E-state index contributed by atoms with van der Waals surface area (Å²) in [4.78, 5) is 11.9. The Morgan fingerprint density at radius 2 is 2.16 bits per heavy atom. The van der Waals surface area contributed by atoms with Crippen LogP contribution in [0.25, 0.3) is 0 Å². The van der Waals surface area contributed by atoms with Crippen LogP contribution in [0.5, 0.6) is 0 Å². The number of amides is 1. The Morgan fingerprint density at radius 3 is 2.74 bits per heavy atom. The minimum Gasteiger partial charge on any atom is -0.350 e. The average molecular weight is 303 g/mol. The molecule has 1 aliphatic heterocycles. The minimum absolute atomic E-state index is 0. The van der Waals surface area contributed by atoms with E-state index >= 15 is 0 Å². The van der Waals surface area contributed by atoms with E-state index in [0.29, 0.717) is 17.5 Å². The molecule has 0 bridgehead atoms. The summed E-state index contributed by atoms with van der Waals surface area (Å²) in [6.45, 7) is 3.02. The molecule has 1 fully saturated rings. The zero-order chi connectivity index (χ0) is 13.0. The van der Waals surface area contributed by atoms with Gasteiger partial charge in [0.15, 0.2) is 0 Å². The number of rotatable bonds is 4. The topological polar surface area (TPSA) is 41.1 Å². The quantitative estimate of drug-likeness (QED) is 0.897. The zero-order valence-electron chi connectivity index (χ0n) is 11.0. The van der Waals surface area contributed by atoms with Crippen molar-refractivity contribution in [3.05, 3.63) is 34.9 Å². The first-order chi connectivity index (χ1) is 8.65. The van der Waals surface area contributed by atoms with Crippen LogP contribution in [0.3, 0.4) is 0 Å². The van der Waals surface area contributed by atoms with Gasteiger partial charge in [0.25, 0.3) is 0 Å². The van der Waals surface area contributed by atoms with Crippen LogP contribution in [0.1, 0.15) is 37.8 Å². The van der Waals surface area contributed by atoms with Crippen molar-refractivity contribution in [1.82, 2.24) is 10.6 Å². The third kappa shape index (κ3) is 5.01. The van der Waals surface area contributed by atoms with Crippen LogP contribution in [0, 0.1) is 0 Å². The normalized spacial score (nSPS) is 19.6. The van der Waals surface area contributed by atoms with Crippen molar-refractivity contribution in [1.29, 1.82) is 0 Å². The van der Waals surface area contributed by atoms with Gasteiger partial charge in [-0.2, -0.15) is 0 Å². The van der Waals surface area contributed by atoms with Crippen LogP contribution in [0.4, 0.5) is 0 Å². The van der Waals surface area contributed by atoms with E-state index in [1.54, 1.807) is 0 Å². The Hall–Kier alpha value is -0.770. The van der Waals surface area contributed by atoms with E-state index in [4.69, 9.17) is 11.6 Å². The van der Waals surface area contributed by atoms with Crippen molar-refractivity contribution in [2.45, 2.75) is 38.3 Å². The van der Waals surface area contributed by atoms with E-state index in [0.717, 1.165) is 18.5 Å². The maximum Gasteiger partial charge on any atom is 0.222 e. The molecule has 1 amide bonds. The standard InChI is InChI=1S/C14H19ClN2O.ClH/c1-10(11-4-6-12(15)7-5-11)17-14(18)9-13-3-2-8-16-13;/h4-7,10,13,16H,2-3,8-9H2,1H3,(H,17,18);1H. The lowest BCUT2D eigenvalue weighted by atomic mass is 10.1. The highest BCUT2D eigenvalue weighted by atomic mass is 35.5. The first-order valence-electron chi connectivity index (χ1n) is 6.43. The largest absolute Gasteiger partial charge is 0.350 e. The molecule has 1 saturated heterocycles. The Labute approximate surface area is 125 Å². The minimum atomic E-state index is 0. The maximum absolute atomic E-state index is 11.9. The second-order valence-electron chi connectivity index (χ2n) is 4.84. The summed E-state index contributed by atoms with van der Waals surface area (Å²) in [7, 11) is 0. The van der Waals surface area contributed by atoms with Crippen molar-refractivity contribution in [3.8, 4) is 0 Å². The molecule has 1 aliphatic rings. The summed E-state index contributed by atoms with van der Waals surface area (Å²) in [5, 5.41) is 7.07. The molecule has 5 heteroatoms. The van der Waals surface area contributed by atoms with Crippen LogP contribution in [0.2, 0.25) is 5.02 Å². The number of hydrogen-bond acceptors (Lipinski definition) is 2. The van der Waals surface area contributed by atoms with E-state index in [1.807, 2.05) is 31.2 Å². The van der Waals surface area contributed by atoms with E-state index in [9.17, 15) is 4.79 Å². The molecule has 0 aromatic heterocycles. The van der Waals surface area contributed by atoms with E-state index in [-0.39, 0.29) is 24.4 Å². The average Bonchev–Trinajstić information content (AvgIpc) is 2.82. The molecular weight excluding hydrogens is 283 g/mol. The second kappa shape index (κ2) is 7.73. The number of nitrogens with one attached hydrogen (secondary N) is 2. The van der Waals surface area contributed by atoms with E-state index in [2.05, 4.69) is 10.6 Å². The van der Waals surface area contributed by atoms with Crippen molar-refractivity contribution in [2.75, 3.05) is 6.54 Å². The third-order valence-corrected chi connectivity index (χ3v) is 3.59. The summed E-state index contributed by atoms with van der Waals surface area (Å²) in [5.74, 6) is 0.108. The molecular formula is C14H20Cl2N2O. The van der Waals surface area contributed by atoms with Crippen LogP contribution in [-0.4, -0.2) is 18.5 Å². The van der Waals surface area contributed by atoms with Gasteiger partial charge < -0.3 is 10.6 Å². The van der Waals surface area contributed by atoms with Gasteiger partial charge in [0, 0.05) is 17.5 Å². The summed E-state index contributed by atoms with van der Waals surface area (Å²) in [6.07, 6.45) is 2.84. The summed E-state index contributed by atoms with van der Waals surface area (Å²) in [6, 6.07) is 7.96. The highest BCUT2D eigenvalue weighted by Crippen LogP contribution is 2.16. The molecule has 106 valence electrons. The molecule has 0 radical (unpaired) electrons. The van der Waals surface area contributed by atoms with Crippen molar-refractivity contribution >= 4 is 29.9 Å². The SMILES string of the molecule is CC(NC(=O)CC1CCCN1)c1ccc(Cl)cc1.Cl. The van der Waals surface area contributed by atoms with Gasteiger partial charge in [0.1, 0.15) is 0 Å². The molecule has 2 unspecified atom stereocenters. The van der Waals surface area contributed by atoms with Crippen LogP contribution in [-0.2, 0) is 4.79 Å². The first-order valence-corrected chi connectivity index (χ1v) is 6.81. The van der Waals surface area contributed by atoms with Gasteiger partial charge in [-0.25, -0.2) is 0 Å². The Balaban J connectivity index is 0.00000180. The molecule has 1 heterocycles. The zero-order valence-corrected chi connectivity index (χ0v) is 12.6. The molecule has 1 aromatic carbocycles. The van der Waals surface area contributed by atoms with Gasteiger partial charge >= 0.3 is 0 Å². The fourth-order valence-corrected chi connectivity index (χ4v) is 2.42.